The Morgan fingerprint density at radius 2 is 2.08 bits per heavy atom. The molecule has 24 heavy (non-hydrogen) atoms. The SMILES string of the molecule is CN=C(NCC1(c2ccccc2OC)CC1)N1CCSC(C)(C)C1. The highest BCUT2D eigenvalue weighted by Crippen LogP contribution is 2.50. The van der Waals surface area contributed by atoms with Gasteiger partial charge in [0.1, 0.15) is 5.75 Å². The topological polar surface area (TPSA) is 36.9 Å². The molecule has 0 bridgehead atoms. The zero-order valence-electron chi connectivity index (χ0n) is 15.3. The molecule has 3 rings (SSSR count). The maximum atomic E-state index is 5.58. The normalized spacial score (nSPS) is 22.2. The molecule has 1 aromatic rings. The fourth-order valence-corrected chi connectivity index (χ4v) is 4.66. The van der Waals surface area contributed by atoms with Gasteiger partial charge in [-0.1, -0.05) is 18.2 Å². The van der Waals surface area contributed by atoms with E-state index in [0.29, 0.717) is 0 Å². The summed E-state index contributed by atoms with van der Waals surface area (Å²) in [5.74, 6) is 3.19. The van der Waals surface area contributed by atoms with Crippen molar-refractivity contribution in [2.24, 2.45) is 4.99 Å². The number of hydrogen-bond donors (Lipinski definition) is 1. The van der Waals surface area contributed by atoms with E-state index in [1.54, 1.807) is 7.11 Å². The number of aliphatic imine (C=N–C) groups is 1. The van der Waals surface area contributed by atoms with Crippen LogP contribution in [0.4, 0.5) is 0 Å². The zero-order chi connectivity index (χ0) is 17.2. The van der Waals surface area contributed by atoms with Crippen LogP contribution >= 0.6 is 11.8 Å². The molecule has 1 aliphatic heterocycles. The lowest BCUT2D eigenvalue weighted by atomic mass is 9.95. The highest BCUT2D eigenvalue weighted by Gasteiger charge is 2.46. The van der Waals surface area contributed by atoms with Crippen molar-refractivity contribution in [2.75, 3.05) is 39.5 Å². The number of methoxy groups -OCH3 is 1. The summed E-state index contributed by atoms with van der Waals surface area (Å²) >= 11 is 2.05. The standard InChI is InChI=1S/C19H29N3OS/c1-18(2)14-22(11-12-24-18)17(20-3)21-13-19(9-10-19)15-7-5-6-8-16(15)23-4/h5-8H,9-14H2,1-4H3,(H,20,21). The number of rotatable bonds is 4. The van der Waals surface area contributed by atoms with Crippen molar-refractivity contribution >= 4 is 17.7 Å². The largest absolute Gasteiger partial charge is 0.496 e. The molecule has 2 aliphatic rings. The number of benzene rings is 1. The number of ether oxygens (including phenoxy) is 1. The van der Waals surface area contributed by atoms with Crippen molar-refractivity contribution in [3.63, 3.8) is 0 Å². The number of hydrogen-bond acceptors (Lipinski definition) is 3. The van der Waals surface area contributed by atoms with Crippen LogP contribution in [0, 0.1) is 0 Å². The van der Waals surface area contributed by atoms with E-state index in [2.05, 4.69) is 47.3 Å². The van der Waals surface area contributed by atoms with Crippen molar-refractivity contribution < 1.29 is 4.74 Å². The van der Waals surface area contributed by atoms with Crippen molar-refractivity contribution in [1.29, 1.82) is 0 Å². The molecule has 0 unspecified atom stereocenters. The fourth-order valence-electron chi connectivity index (χ4n) is 3.55. The summed E-state index contributed by atoms with van der Waals surface area (Å²) in [5.41, 5.74) is 1.52. The van der Waals surface area contributed by atoms with Crippen LogP contribution in [0.15, 0.2) is 29.3 Å². The monoisotopic (exact) mass is 347 g/mol. The van der Waals surface area contributed by atoms with Crippen LogP contribution in [-0.2, 0) is 5.41 Å². The number of guanidine groups is 1. The minimum absolute atomic E-state index is 0.197. The van der Waals surface area contributed by atoms with Crippen molar-refractivity contribution in [1.82, 2.24) is 10.2 Å². The Balaban J connectivity index is 1.68. The third-order valence-corrected chi connectivity index (χ3v) is 6.35. The van der Waals surface area contributed by atoms with Crippen molar-refractivity contribution in [3.05, 3.63) is 29.8 Å². The van der Waals surface area contributed by atoms with Gasteiger partial charge in [-0.15, -0.1) is 0 Å². The van der Waals surface area contributed by atoms with E-state index in [9.17, 15) is 0 Å². The quantitative estimate of drug-likeness (QED) is 0.671. The molecule has 1 aromatic carbocycles. The van der Waals surface area contributed by atoms with Gasteiger partial charge in [-0.25, -0.2) is 0 Å². The van der Waals surface area contributed by atoms with Gasteiger partial charge in [0, 0.05) is 48.2 Å². The minimum Gasteiger partial charge on any atom is -0.496 e. The van der Waals surface area contributed by atoms with Crippen LogP contribution in [0.3, 0.4) is 0 Å². The molecule has 0 radical (unpaired) electrons. The first-order chi connectivity index (χ1) is 11.5. The van der Waals surface area contributed by atoms with E-state index in [0.717, 1.165) is 37.1 Å². The lowest BCUT2D eigenvalue weighted by Gasteiger charge is -2.39. The van der Waals surface area contributed by atoms with E-state index in [1.165, 1.54) is 18.4 Å². The average molecular weight is 348 g/mol. The van der Waals surface area contributed by atoms with E-state index in [1.807, 2.05) is 24.9 Å². The van der Waals surface area contributed by atoms with Crippen LogP contribution in [0.1, 0.15) is 32.3 Å². The van der Waals surface area contributed by atoms with Gasteiger partial charge in [-0.3, -0.25) is 4.99 Å². The molecule has 1 N–H and O–H groups in total. The molecule has 0 amide bonds. The first-order valence-corrected chi connectivity index (χ1v) is 9.71. The summed E-state index contributed by atoms with van der Waals surface area (Å²) in [4.78, 5) is 6.93. The Labute approximate surface area is 150 Å². The third-order valence-electron chi connectivity index (χ3n) is 5.05. The molecule has 0 atom stereocenters. The van der Waals surface area contributed by atoms with E-state index in [4.69, 9.17) is 4.74 Å². The molecule has 1 saturated heterocycles. The second-order valence-electron chi connectivity index (χ2n) is 7.41. The maximum Gasteiger partial charge on any atom is 0.193 e. The maximum absolute atomic E-state index is 5.58. The Morgan fingerprint density at radius 3 is 2.71 bits per heavy atom. The summed E-state index contributed by atoms with van der Waals surface area (Å²) < 4.78 is 5.86. The molecular formula is C19H29N3OS. The molecule has 1 heterocycles. The summed E-state index contributed by atoms with van der Waals surface area (Å²) in [5, 5.41) is 3.64. The molecule has 1 saturated carbocycles. The Kier molecular flexibility index (Phi) is 5.00. The van der Waals surface area contributed by atoms with Crippen LogP contribution in [0.2, 0.25) is 0 Å². The fraction of sp³-hybridized carbons (Fsp3) is 0.632. The van der Waals surface area contributed by atoms with Gasteiger partial charge in [0.05, 0.1) is 7.11 Å². The Morgan fingerprint density at radius 1 is 1.33 bits per heavy atom. The number of nitrogens with one attached hydrogen (secondary N) is 1. The van der Waals surface area contributed by atoms with Gasteiger partial charge in [0.15, 0.2) is 5.96 Å². The molecule has 2 fully saturated rings. The molecule has 132 valence electrons. The van der Waals surface area contributed by atoms with Gasteiger partial charge in [-0.2, -0.15) is 11.8 Å². The van der Waals surface area contributed by atoms with E-state index >= 15 is 0 Å². The highest BCUT2D eigenvalue weighted by molar-refractivity contribution is 8.00. The lowest BCUT2D eigenvalue weighted by Crippen LogP contribution is -2.52. The van der Waals surface area contributed by atoms with Crippen LogP contribution in [-0.4, -0.2) is 55.2 Å². The zero-order valence-corrected chi connectivity index (χ0v) is 16.1. The smallest absolute Gasteiger partial charge is 0.193 e. The number of nitrogens with zero attached hydrogens (tertiary/aromatic N) is 2. The van der Waals surface area contributed by atoms with Crippen LogP contribution < -0.4 is 10.1 Å². The molecular weight excluding hydrogens is 318 g/mol. The Hall–Kier alpha value is -1.36. The summed E-state index contributed by atoms with van der Waals surface area (Å²) in [6.45, 7) is 7.65. The summed E-state index contributed by atoms with van der Waals surface area (Å²) in [6.07, 6.45) is 2.41. The van der Waals surface area contributed by atoms with Gasteiger partial charge in [0.2, 0.25) is 0 Å². The first-order valence-electron chi connectivity index (χ1n) is 8.73. The van der Waals surface area contributed by atoms with Gasteiger partial charge < -0.3 is 15.0 Å². The summed E-state index contributed by atoms with van der Waals surface area (Å²) in [6, 6.07) is 8.42. The van der Waals surface area contributed by atoms with Crippen molar-refractivity contribution in [3.8, 4) is 5.75 Å². The van der Waals surface area contributed by atoms with Gasteiger partial charge in [-0.05, 0) is 32.8 Å². The van der Waals surface area contributed by atoms with E-state index < -0.39 is 0 Å². The second kappa shape index (κ2) is 6.87. The van der Waals surface area contributed by atoms with Crippen LogP contribution in [0.25, 0.3) is 0 Å². The number of thioether (sulfide) groups is 1. The molecule has 0 aromatic heterocycles. The average Bonchev–Trinajstić information content (AvgIpc) is 3.35. The van der Waals surface area contributed by atoms with Crippen molar-refractivity contribution in [2.45, 2.75) is 36.9 Å². The predicted molar refractivity (Wildman–Crippen MR) is 103 cm³/mol. The molecule has 0 spiro atoms. The minimum atomic E-state index is 0.197. The summed E-state index contributed by atoms with van der Waals surface area (Å²) in [7, 11) is 3.65. The van der Waals surface area contributed by atoms with Gasteiger partial charge in [0.25, 0.3) is 0 Å². The second-order valence-corrected chi connectivity index (χ2v) is 9.21. The lowest BCUT2D eigenvalue weighted by molar-refractivity contribution is 0.372. The third kappa shape index (κ3) is 3.66. The first kappa shape index (κ1) is 17.5. The molecule has 5 heteroatoms. The van der Waals surface area contributed by atoms with Gasteiger partial charge >= 0.3 is 0 Å². The molecule has 1 aliphatic carbocycles. The van der Waals surface area contributed by atoms with E-state index in [-0.39, 0.29) is 10.2 Å². The molecule has 4 nitrogen and oxygen atoms in total. The Bertz CT molecular complexity index is 610. The predicted octanol–water partition coefficient (Wildman–Crippen LogP) is 3.13. The number of para-hydroxylation sites is 1. The van der Waals surface area contributed by atoms with Crippen LogP contribution in [0.5, 0.6) is 5.75 Å². The highest BCUT2D eigenvalue weighted by atomic mass is 32.2.